The van der Waals surface area contributed by atoms with E-state index < -0.39 is 0 Å². The van der Waals surface area contributed by atoms with E-state index >= 15 is 0 Å². The summed E-state index contributed by atoms with van der Waals surface area (Å²) in [5, 5.41) is 4.92. The number of fused-ring (bicyclic) bond motifs is 4. The molecule has 2 aromatic carbocycles. The first-order chi connectivity index (χ1) is 15.1. The van der Waals surface area contributed by atoms with E-state index in [0.29, 0.717) is 0 Å². The molecule has 0 saturated heterocycles. The molecule has 154 valence electrons. The average Bonchev–Trinajstić information content (AvgIpc) is 3.31. The maximum Gasteiger partial charge on any atom is 0.126 e. The molecule has 6 rings (SSSR count). The molecule has 0 aliphatic carbocycles. The van der Waals surface area contributed by atoms with Crippen LogP contribution >= 0.6 is 0 Å². The molecular formula is C26H25N5. The van der Waals surface area contributed by atoms with Crippen molar-refractivity contribution in [3.63, 3.8) is 0 Å². The molecule has 0 saturated carbocycles. The van der Waals surface area contributed by atoms with Crippen LogP contribution < -0.4 is 5.32 Å². The van der Waals surface area contributed by atoms with Gasteiger partial charge in [0.05, 0.1) is 17.2 Å². The molecule has 3 aromatic heterocycles. The van der Waals surface area contributed by atoms with Crippen LogP contribution in [-0.2, 0) is 20.6 Å². The zero-order chi connectivity index (χ0) is 21.1. The Morgan fingerprint density at radius 1 is 1.03 bits per heavy atom. The molecule has 0 fully saturated rings. The predicted molar refractivity (Wildman–Crippen MR) is 125 cm³/mol. The highest BCUT2D eigenvalue weighted by Crippen LogP contribution is 2.39. The minimum Gasteiger partial charge on any atom is -0.351 e. The Balaban J connectivity index is 1.55. The summed E-state index contributed by atoms with van der Waals surface area (Å²) >= 11 is 0. The lowest BCUT2D eigenvalue weighted by Crippen LogP contribution is -2.30. The maximum absolute atomic E-state index is 4.78. The molecule has 1 aliphatic heterocycles. The number of hydrogen-bond donors (Lipinski definition) is 1. The van der Waals surface area contributed by atoms with Crippen LogP contribution in [0.2, 0.25) is 0 Å². The number of rotatable bonds is 2. The largest absolute Gasteiger partial charge is 0.351 e. The lowest BCUT2D eigenvalue weighted by Gasteiger charge is -2.27. The number of aryl methyl sites for hydroxylation is 3. The van der Waals surface area contributed by atoms with Gasteiger partial charge in [-0.3, -0.25) is 0 Å². The van der Waals surface area contributed by atoms with E-state index in [-0.39, 0.29) is 5.92 Å². The second kappa shape index (κ2) is 6.79. The van der Waals surface area contributed by atoms with Gasteiger partial charge in [0.1, 0.15) is 5.82 Å². The van der Waals surface area contributed by atoms with E-state index in [4.69, 9.17) is 4.98 Å². The molecule has 5 aromatic rings. The highest BCUT2D eigenvalue weighted by atomic mass is 15.0. The summed E-state index contributed by atoms with van der Waals surface area (Å²) in [4.78, 5) is 9.23. The molecule has 0 spiro atoms. The first kappa shape index (κ1) is 18.3. The van der Waals surface area contributed by atoms with Gasteiger partial charge in [0.2, 0.25) is 0 Å². The highest BCUT2D eigenvalue weighted by molar-refractivity contribution is 5.87. The lowest BCUT2D eigenvalue weighted by molar-refractivity contribution is 0.568. The topological polar surface area (TPSA) is 47.7 Å². The molecule has 0 radical (unpaired) electrons. The third-order valence-electron chi connectivity index (χ3n) is 6.72. The van der Waals surface area contributed by atoms with Crippen molar-refractivity contribution in [2.24, 2.45) is 14.1 Å². The van der Waals surface area contributed by atoms with Gasteiger partial charge in [-0.1, -0.05) is 30.3 Å². The van der Waals surface area contributed by atoms with Gasteiger partial charge in [0, 0.05) is 61.5 Å². The zero-order valence-corrected chi connectivity index (χ0v) is 18.1. The van der Waals surface area contributed by atoms with E-state index in [1.807, 2.05) is 13.1 Å². The Morgan fingerprint density at radius 2 is 1.90 bits per heavy atom. The minimum absolute atomic E-state index is 0.255. The summed E-state index contributed by atoms with van der Waals surface area (Å²) in [6, 6.07) is 17.8. The Labute approximate surface area is 181 Å². The normalized spacial score (nSPS) is 16.2. The molecule has 0 amide bonds. The molecular weight excluding hydrogens is 382 g/mol. The summed E-state index contributed by atoms with van der Waals surface area (Å²) < 4.78 is 4.47. The first-order valence-corrected chi connectivity index (χ1v) is 10.8. The second-order valence-electron chi connectivity index (χ2n) is 8.54. The minimum atomic E-state index is 0.255. The summed E-state index contributed by atoms with van der Waals surface area (Å²) in [5.74, 6) is 1.07. The molecule has 1 atom stereocenters. The third kappa shape index (κ3) is 2.73. The van der Waals surface area contributed by atoms with Crippen LogP contribution in [0.3, 0.4) is 0 Å². The third-order valence-corrected chi connectivity index (χ3v) is 6.72. The molecule has 1 unspecified atom stereocenters. The SMILES string of the molecule is Cc1ncc2c(n1)c1c(n2C)C(c2ccccc2-c2ccc3c(ccn3C)c2)CNC1. The first-order valence-electron chi connectivity index (χ1n) is 10.8. The van der Waals surface area contributed by atoms with Crippen LogP contribution in [0.1, 0.15) is 28.6 Å². The Kier molecular flexibility index (Phi) is 4.02. The fourth-order valence-electron chi connectivity index (χ4n) is 5.21. The second-order valence-corrected chi connectivity index (χ2v) is 8.54. The van der Waals surface area contributed by atoms with E-state index in [0.717, 1.165) is 29.9 Å². The molecule has 4 heterocycles. The van der Waals surface area contributed by atoms with Crippen molar-refractivity contribution in [1.29, 1.82) is 0 Å². The standard InChI is InChI=1S/C26H25N5/c1-16-28-15-24-25(29-16)22-14-27-13-21(26(22)31(24)3)20-7-5-4-6-19(20)17-8-9-23-18(12-17)10-11-30(23)2/h4-12,15,21,27H,13-14H2,1-3H3. The number of nitrogens with one attached hydrogen (secondary N) is 1. The van der Waals surface area contributed by atoms with Gasteiger partial charge in [0.25, 0.3) is 0 Å². The van der Waals surface area contributed by atoms with Crippen molar-refractivity contribution >= 4 is 21.9 Å². The highest BCUT2D eigenvalue weighted by Gasteiger charge is 2.30. The van der Waals surface area contributed by atoms with Gasteiger partial charge in [-0.05, 0) is 41.8 Å². The van der Waals surface area contributed by atoms with Gasteiger partial charge in [-0.15, -0.1) is 0 Å². The van der Waals surface area contributed by atoms with Crippen LogP contribution in [0.4, 0.5) is 0 Å². The number of benzene rings is 2. The summed E-state index contributed by atoms with van der Waals surface area (Å²) in [7, 11) is 4.24. The molecule has 1 aliphatic rings. The van der Waals surface area contributed by atoms with Crippen molar-refractivity contribution < 1.29 is 0 Å². The van der Waals surface area contributed by atoms with Crippen molar-refractivity contribution in [2.75, 3.05) is 6.54 Å². The lowest BCUT2D eigenvalue weighted by atomic mass is 9.85. The van der Waals surface area contributed by atoms with Crippen LogP contribution in [-0.4, -0.2) is 25.6 Å². The molecule has 5 heteroatoms. The summed E-state index contributed by atoms with van der Waals surface area (Å²) in [6.07, 6.45) is 4.08. The Morgan fingerprint density at radius 3 is 2.81 bits per heavy atom. The van der Waals surface area contributed by atoms with E-state index in [2.05, 4.69) is 88.3 Å². The molecule has 31 heavy (non-hydrogen) atoms. The summed E-state index contributed by atoms with van der Waals surface area (Å²) in [5.41, 5.74) is 9.98. The fraction of sp³-hybridized carbons (Fsp3) is 0.231. The smallest absolute Gasteiger partial charge is 0.126 e. The van der Waals surface area contributed by atoms with Crippen molar-refractivity contribution in [1.82, 2.24) is 24.4 Å². The number of aromatic nitrogens is 4. The van der Waals surface area contributed by atoms with E-state index in [1.54, 1.807) is 0 Å². The predicted octanol–water partition coefficient (Wildman–Crippen LogP) is 4.67. The monoisotopic (exact) mass is 407 g/mol. The van der Waals surface area contributed by atoms with Crippen LogP contribution in [0, 0.1) is 6.92 Å². The molecule has 1 N–H and O–H groups in total. The zero-order valence-electron chi connectivity index (χ0n) is 18.1. The number of nitrogens with zero attached hydrogens (tertiary/aromatic N) is 4. The quantitative estimate of drug-likeness (QED) is 0.463. The van der Waals surface area contributed by atoms with Crippen LogP contribution in [0.25, 0.3) is 33.1 Å². The average molecular weight is 408 g/mol. The van der Waals surface area contributed by atoms with Gasteiger partial charge < -0.3 is 14.5 Å². The van der Waals surface area contributed by atoms with Gasteiger partial charge in [0.15, 0.2) is 0 Å². The maximum atomic E-state index is 4.78. The van der Waals surface area contributed by atoms with Crippen LogP contribution in [0.15, 0.2) is 60.9 Å². The summed E-state index contributed by atoms with van der Waals surface area (Å²) in [6.45, 7) is 3.72. The van der Waals surface area contributed by atoms with Crippen molar-refractivity contribution in [3.05, 3.63) is 83.6 Å². The van der Waals surface area contributed by atoms with Crippen molar-refractivity contribution in [2.45, 2.75) is 19.4 Å². The fourth-order valence-corrected chi connectivity index (χ4v) is 5.21. The van der Waals surface area contributed by atoms with Crippen LogP contribution in [0.5, 0.6) is 0 Å². The van der Waals surface area contributed by atoms with E-state index in [1.165, 1.54) is 38.9 Å². The van der Waals surface area contributed by atoms with Crippen molar-refractivity contribution in [3.8, 4) is 11.1 Å². The Bertz CT molecular complexity index is 1460. The van der Waals surface area contributed by atoms with E-state index in [9.17, 15) is 0 Å². The van der Waals surface area contributed by atoms with Gasteiger partial charge in [-0.25, -0.2) is 9.97 Å². The van der Waals surface area contributed by atoms with Gasteiger partial charge >= 0.3 is 0 Å². The number of hydrogen-bond acceptors (Lipinski definition) is 3. The molecule has 0 bridgehead atoms. The Hall–Kier alpha value is -3.44. The van der Waals surface area contributed by atoms with Gasteiger partial charge in [-0.2, -0.15) is 0 Å². The molecule has 5 nitrogen and oxygen atoms in total.